The Bertz CT molecular complexity index is 317. The summed E-state index contributed by atoms with van der Waals surface area (Å²) in [5, 5.41) is 0. The van der Waals surface area contributed by atoms with Gasteiger partial charge in [0, 0.05) is 25.0 Å². The van der Waals surface area contributed by atoms with E-state index in [1.54, 1.807) is 0 Å². The Balaban J connectivity index is 2.85. The molecule has 3 heteroatoms. The topological polar surface area (TPSA) is 29.0 Å². The fourth-order valence-corrected chi connectivity index (χ4v) is 2.18. The number of hydrogen-bond donors (Lipinski definition) is 0. The summed E-state index contributed by atoms with van der Waals surface area (Å²) in [6.45, 7) is 9.91. The summed E-state index contributed by atoms with van der Waals surface area (Å²) >= 11 is 0. The van der Waals surface area contributed by atoms with Crippen LogP contribution >= 0.6 is 0 Å². The van der Waals surface area contributed by atoms with Crippen molar-refractivity contribution in [1.29, 1.82) is 0 Å². The number of nitrogens with zero attached hydrogens (tertiary/aromatic N) is 3. The highest BCUT2D eigenvalue weighted by molar-refractivity contribution is 5.31. The van der Waals surface area contributed by atoms with Gasteiger partial charge in [-0.15, -0.1) is 0 Å². The molecule has 1 aromatic heterocycles. The van der Waals surface area contributed by atoms with Gasteiger partial charge in [-0.3, -0.25) is 0 Å². The van der Waals surface area contributed by atoms with Crippen LogP contribution in [0, 0.1) is 0 Å². The molecule has 0 unspecified atom stereocenters. The summed E-state index contributed by atoms with van der Waals surface area (Å²) in [5.41, 5.74) is 1.21. The molecule has 0 saturated carbocycles. The van der Waals surface area contributed by atoms with Crippen LogP contribution < -0.4 is 4.90 Å². The van der Waals surface area contributed by atoms with Crippen LogP contribution in [0.15, 0.2) is 12.4 Å². The first-order chi connectivity index (χ1) is 8.76. The van der Waals surface area contributed by atoms with E-state index < -0.39 is 0 Å². The fraction of sp³-hybridized carbons (Fsp3) is 0.733. The maximum absolute atomic E-state index is 4.53. The molecule has 0 aliphatic rings. The third-order valence-corrected chi connectivity index (χ3v) is 3.49. The predicted molar refractivity (Wildman–Crippen MR) is 78.0 cm³/mol. The van der Waals surface area contributed by atoms with Crippen LogP contribution in [0.25, 0.3) is 0 Å². The third kappa shape index (κ3) is 3.97. The number of rotatable bonds is 8. The largest absolute Gasteiger partial charge is 0.338 e. The molecule has 0 aliphatic heterocycles. The van der Waals surface area contributed by atoms with Gasteiger partial charge in [-0.25, -0.2) is 9.97 Å². The molecule has 0 saturated heterocycles. The van der Waals surface area contributed by atoms with E-state index in [-0.39, 0.29) is 0 Å². The molecule has 1 aromatic rings. The Hall–Kier alpha value is -1.12. The summed E-state index contributed by atoms with van der Waals surface area (Å²) in [7, 11) is 0. The molecule has 0 fully saturated rings. The van der Waals surface area contributed by atoms with Crippen molar-refractivity contribution < 1.29 is 0 Å². The second-order valence-corrected chi connectivity index (χ2v) is 4.76. The van der Waals surface area contributed by atoms with Crippen LogP contribution in [0.3, 0.4) is 0 Å². The molecule has 0 amide bonds. The Morgan fingerprint density at radius 3 is 2.11 bits per heavy atom. The van der Waals surface area contributed by atoms with E-state index in [0.29, 0.717) is 6.04 Å². The lowest BCUT2D eigenvalue weighted by Crippen LogP contribution is -2.36. The van der Waals surface area contributed by atoms with Crippen LogP contribution in [-0.4, -0.2) is 22.6 Å². The Morgan fingerprint density at radius 2 is 1.67 bits per heavy atom. The monoisotopic (exact) mass is 249 g/mol. The molecular formula is C15H27N3. The minimum Gasteiger partial charge on any atom is -0.338 e. The zero-order chi connectivity index (χ0) is 13.4. The van der Waals surface area contributed by atoms with Gasteiger partial charge in [0.15, 0.2) is 0 Å². The average Bonchev–Trinajstić information content (AvgIpc) is 2.43. The molecule has 0 bridgehead atoms. The fourth-order valence-electron chi connectivity index (χ4n) is 2.18. The van der Waals surface area contributed by atoms with Crippen molar-refractivity contribution in [3.8, 4) is 0 Å². The third-order valence-electron chi connectivity index (χ3n) is 3.49. The molecule has 0 N–H and O–H groups in total. The number of unbranched alkanes of at least 4 members (excludes halogenated alkanes) is 1. The molecule has 0 spiro atoms. The van der Waals surface area contributed by atoms with Crippen LogP contribution in [0.2, 0.25) is 0 Å². The van der Waals surface area contributed by atoms with E-state index in [1.165, 1.54) is 18.4 Å². The maximum atomic E-state index is 4.53. The van der Waals surface area contributed by atoms with Crippen LogP contribution in [0.5, 0.6) is 0 Å². The standard InChI is InChI=1S/C15H27N3/c1-5-9-10-18(14(7-3)8-4)15-16-11-13(6-2)12-17-15/h11-12,14H,5-10H2,1-4H3. The highest BCUT2D eigenvalue weighted by atomic mass is 15.3. The molecule has 0 atom stereocenters. The predicted octanol–water partition coefficient (Wildman–Crippen LogP) is 3.83. The smallest absolute Gasteiger partial charge is 0.225 e. The molecule has 1 heterocycles. The molecule has 1 rings (SSSR count). The molecule has 18 heavy (non-hydrogen) atoms. The molecule has 0 aromatic carbocycles. The quantitative estimate of drug-likeness (QED) is 0.701. The first-order valence-corrected chi connectivity index (χ1v) is 7.34. The highest BCUT2D eigenvalue weighted by Gasteiger charge is 2.17. The summed E-state index contributed by atoms with van der Waals surface area (Å²) in [5.74, 6) is 0.898. The summed E-state index contributed by atoms with van der Waals surface area (Å²) < 4.78 is 0. The van der Waals surface area contributed by atoms with Crippen LogP contribution in [0.4, 0.5) is 5.95 Å². The van der Waals surface area contributed by atoms with Gasteiger partial charge >= 0.3 is 0 Å². The van der Waals surface area contributed by atoms with Gasteiger partial charge < -0.3 is 4.90 Å². The highest BCUT2D eigenvalue weighted by Crippen LogP contribution is 2.17. The lowest BCUT2D eigenvalue weighted by atomic mass is 10.1. The van der Waals surface area contributed by atoms with E-state index in [9.17, 15) is 0 Å². The minimum absolute atomic E-state index is 0.559. The number of anilines is 1. The number of aryl methyl sites for hydroxylation is 1. The van der Waals surface area contributed by atoms with Crippen molar-refractivity contribution in [2.75, 3.05) is 11.4 Å². The van der Waals surface area contributed by atoms with Gasteiger partial charge in [0.05, 0.1) is 0 Å². The van der Waals surface area contributed by atoms with Crippen molar-refractivity contribution in [3.05, 3.63) is 18.0 Å². The van der Waals surface area contributed by atoms with E-state index in [1.807, 2.05) is 12.4 Å². The zero-order valence-electron chi connectivity index (χ0n) is 12.3. The second-order valence-electron chi connectivity index (χ2n) is 4.76. The summed E-state index contributed by atoms with van der Waals surface area (Å²) in [6, 6.07) is 0.559. The van der Waals surface area contributed by atoms with Crippen molar-refractivity contribution in [3.63, 3.8) is 0 Å². The molecule has 3 nitrogen and oxygen atoms in total. The van der Waals surface area contributed by atoms with E-state index in [0.717, 1.165) is 31.8 Å². The van der Waals surface area contributed by atoms with Gasteiger partial charge in [-0.1, -0.05) is 34.1 Å². The first kappa shape index (κ1) is 14.9. The van der Waals surface area contributed by atoms with Crippen LogP contribution in [-0.2, 0) is 6.42 Å². The Morgan fingerprint density at radius 1 is 1.06 bits per heavy atom. The summed E-state index contributed by atoms with van der Waals surface area (Å²) in [4.78, 5) is 11.4. The van der Waals surface area contributed by atoms with Gasteiger partial charge in [-0.05, 0) is 31.2 Å². The Labute approximate surface area is 112 Å². The molecule has 0 aliphatic carbocycles. The first-order valence-electron chi connectivity index (χ1n) is 7.34. The molecule has 102 valence electrons. The van der Waals surface area contributed by atoms with Gasteiger partial charge in [0.1, 0.15) is 0 Å². The van der Waals surface area contributed by atoms with Gasteiger partial charge in [0.2, 0.25) is 5.95 Å². The Kier molecular flexibility index (Phi) is 6.69. The zero-order valence-corrected chi connectivity index (χ0v) is 12.3. The van der Waals surface area contributed by atoms with Crippen molar-refractivity contribution in [1.82, 2.24) is 9.97 Å². The number of aromatic nitrogens is 2. The number of hydrogen-bond acceptors (Lipinski definition) is 3. The lowest BCUT2D eigenvalue weighted by molar-refractivity contribution is 0.534. The molecular weight excluding hydrogens is 222 g/mol. The molecule has 0 radical (unpaired) electrons. The van der Waals surface area contributed by atoms with Crippen LogP contribution in [0.1, 0.15) is 58.9 Å². The summed E-state index contributed by atoms with van der Waals surface area (Å²) in [6.07, 6.45) is 9.64. The van der Waals surface area contributed by atoms with E-state index >= 15 is 0 Å². The van der Waals surface area contributed by atoms with Gasteiger partial charge in [0.25, 0.3) is 0 Å². The van der Waals surface area contributed by atoms with E-state index in [4.69, 9.17) is 0 Å². The normalized spacial score (nSPS) is 10.9. The van der Waals surface area contributed by atoms with Crippen molar-refractivity contribution in [2.24, 2.45) is 0 Å². The average molecular weight is 249 g/mol. The van der Waals surface area contributed by atoms with E-state index in [2.05, 4.69) is 42.6 Å². The van der Waals surface area contributed by atoms with Crippen molar-refractivity contribution >= 4 is 5.95 Å². The SMILES string of the molecule is CCCCN(c1ncc(CC)cn1)C(CC)CC. The lowest BCUT2D eigenvalue weighted by Gasteiger charge is -2.30. The second kappa shape index (κ2) is 8.06. The van der Waals surface area contributed by atoms with Gasteiger partial charge in [-0.2, -0.15) is 0 Å². The maximum Gasteiger partial charge on any atom is 0.225 e. The minimum atomic E-state index is 0.559. The van der Waals surface area contributed by atoms with Crippen molar-refractivity contribution in [2.45, 2.75) is 65.8 Å².